The summed E-state index contributed by atoms with van der Waals surface area (Å²) in [5.74, 6) is 0. The van der Waals surface area contributed by atoms with Crippen molar-refractivity contribution in [2.75, 3.05) is 0 Å². The zero-order valence-corrected chi connectivity index (χ0v) is 87.0. The molecule has 0 aliphatic heterocycles. The largest absolute Gasteiger partial charge is 0.0683 e. The smallest absolute Gasteiger partial charge is 0.0171 e. The Bertz CT molecular complexity index is 8340. The molecule has 0 spiro atoms. The van der Waals surface area contributed by atoms with Gasteiger partial charge >= 0.3 is 0 Å². The van der Waals surface area contributed by atoms with E-state index in [9.17, 15) is 0 Å². The van der Waals surface area contributed by atoms with E-state index in [0.717, 1.165) is 0 Å². The lowest BCUT2D eigenvalue weighted by atomic mass is 9.77. The maximum atomic E-state index is 2.42. The maximum absolute atomic E-state index is 2.42. The van der Waals surface area contributed by atoms with E-state index in [4.69, 9.17) is 0 Å². The Morgan fingerprint density at radius 1 is 0.121 bits per heavy atom. The van der Waals surface area contributed by atoms with Crippen molar-refractivity contribution in [3.8, 4) is 44.5 Å². The monoisotopic (exact) mass is 1820 g/mol. The quantitative estimate of drug-likeness (QED) is 0.105. The SMILES string of the molecule is CC.CC.CC.CC.CC.CC.CC.CC.CC1(C)c2c(c3ccccc3c3ccccc23)-c2c1c1ccccc1c1ccccc21.CC1(C)c2c(ccc3cc4ccccc4cc23)-c2ccc3cc4ccccc4cc3c21.CC1(C)c2ccc3c(ccc4ccccc43)c2-c2c1ccc1c2ccc2ccccc21.CC1(C)c2ccc3ccc4ccccc4c3c2-c2c1ccc1ccc3ccccc3c21. The molecular formula is C140H136. The molecule has 0 bridgehead atoms. The summed E-state index contributed by atoms with van der Waals surface area (Å²) < 4.78 is 0. The van der Waals surface area contributed by atoms with Crippen molar-refractivity contribution >= 4 is 172 Å². The van der Waals surface area contributed by atoms with Crippen molar-refractivity contribution in [2.45, 2.75) is 188 Å². The van der Waals surface area contributed by atoms with E-state index < -0.39 is 0 Å². The lowest BCUT2D eigenvalue weighted by molar-refractivity contribution is 0.661. The van der Waals surface area contributed by atoms with E-state index in [0.29, 0.717) is 0 Å². The molecule has 24 aromatic carbocycles. The fourth-order valence-electron chi connectivity index (χ4n) is 24.0. The highest BCUT2D eigenvalue weighted by molar-refractivity contribution is 6.28. The zero-order valence-electron chi connectivity index (χ0n) is 87.0. The average molecular weight is 1820 g/mol. The van der Waals surface area contributed by atoms with Gasteiger partial charge in [0.15, 0.2) is 0 Å². The minimum atomic E-state index is -0.0854. The first-order chi connectivity index (χ1) is 68.6. The fourth-order valence-corrected chi connectivity index (χ4v) is 24.0. The van der Waals surface area contributed by atoms with Gasteiger partial charge in [0.1, 0.15) is 0 Å². The molecule has 0 nitrogen and oxygen atoms in total. The van der Waals surface area contributed by atoms with Gasteiger partial charge in [-0.1, -0.05) is 530 Å². The van der Waals surface area contributed by atoms with Crippen LogP contribution in [-0.4, -0.2) is 0 Å². The summed E-state index contributed by atoms with van der Waals surface area (Å²) in [5.41, 5.74) is 22.8. The predicted octanol–water partition coefficient (Wildman–Crippen LogP) is 42.6. The topological polar surface area (TPSA) is 0 Å². The molecule has 24 aromatic rings. The molecule has 0 aromatic heterocycles. The highest BCUT2D eigenvalue weighted by atomic mass is 14.5. The van der Waals surface area contributed by atoms with Crippen LogP contribution in [0.25, 0.3) is 217 Å². The van der Waals surface area contributed by atoms with E-state index >= 15 is 0 Å². The van der Waals surface area contributed by atoms with Crippen molar-refractivity contribution < 1.29 is 0 Å². The minimum absolute atomic E-state index is 0.00959. The molecule has 0 unspecified atom stereocenters. The first kappa shape index (κ1) is 97.1. The summed E-state index contributed by atoms with van der Waals surface area (Å²) in [4.78, 5) is 0. The van der Waals surface area contributed by atoms with Gasteiger partial charge in [0.05, 0.1) is 0 Å². The summed E-state index contributed by atoms with van der Waals surface area (Å²) in [7, 11) is 0. The highest BCUT2D eigenvalue weighted by Crippen LogP contribution is 2.62. The number of hydrogen-bond donors (Lipinski definition) is 0. The van der Waals surface area contributed by atoms with Crippen LogP contribution in [0.5, 0.6) is 0 Å². The predicted molar refractivity (Wildman–Crippen MR) is 627 cm³/mol. The van der Waals surface area contributed by atoms with Gasteiger partial charge in [-0.3, -0.25) is 0 Å². The third-order valence-corrected chi connectivity index (χ3v) is 29.5. The van der Waals surface area contributed by atoms with E-state index in [1.807, 2.05) is 111 Å². The van der Waals surface area contributed by atoms with Crippen LogP contribution in [0.4, 0.5) is 0 Å². The molecule has 0 heterocycles. The molecule has 0 amide bonds. The average Bonchev–Trinajstić information content (AvgIpc) is 1.52. The van der Waals surface area contributed by atoms with Crippen LogP contribution in [-0.2, 0) is 21.7 Å². The minimum Gasteiger partial charge on any atom is -0.0683 e. The lowest BCUT2D eigenvalue weighted by Gasteiger charge is -2.25. The van der Waals surface area contributed by atoms with Crippen molar-refractivity contribution in [2.24, 2.45) is 0 Å². The summed E-state index contributed by atoms with van der Waals surface area (Å²) in [6.07, 6.45) is 0. The van der Waals surface area contributed by atoms with Gasteiger partial charge in [0, 0.05) is 21.7 Å². The number of rotatable bonds is 0. The number of fused-ring (bicyclic) bond motifs is 44. The summed E-state index contributed by atoms with van der Waals surface area (Å²) in [6.45, 7) is 51.1. The van der Waals surface area contributed by atoms with Crippen molar-refractivity contribution in [3.05, 3.63) is 433 Å². The van der Waals surface area contributed by atoms with Crippen molar-refractivity contribution in [1.29, 1.82) is 0 Å². The first-order valence-corrected chi connectivity index (χ1v) is 52.2. The molecule has 4 aliphatic carbocycles. The van der Waals surface area contributed by atoms with Crippen LogP contribution in [0.2, 0.25) is 0 Å². The normalized spacial score (nSPS) is 13.1. The number of hydrogen-bond acceptors (Lipinski definition) is 0. The summed E-state index contributed by atoms with van der Waals surface area (Å²) >= 11 is 0. The Balaban J connectivity index is 0.000000123. The van der Waals surface area contributed by atoms with Gasteiger partial charge in [-0.2, -0.15) is 0 Å². The Morgan fingerprint density at radius 2 is 0.329 bits per heavy atom. The Kier molecular flexibility index (Phi) is 27.8. The second-order valence-corrected chi connectivity index (χ2v) is 37.5. The Labute approximate surface area is 831 Å². The highest BCUT2D eigenvalue weighted by Gasteiger charge is 2.44. The molecule has 28 rings (SSSR count). The third-order valence-electron chi connectivity index (χ3n) is 29.5. The van der Waals surface area contributed by atoms with Gasteiger partial charge in [-0.05, 0) is 286 Å². The van der Waals surface area contributed by atoms with Crippen LogP contribution < -0.4 is 0 Å². The van der Waals surface area contributed by atoms with Gasteiger partial charge in [-0.15, -0.1) is 0 Å². The Morgan fingerprint density at radius 3 is 0.671 bits per heavy atom. The first-order valence-electron chi connectivity index (χ1n) is 52.2. The van der Waals surface area contributed by atoms with E-state index in [2.05, 4.69) is 444 Å². The van der Waals surface area contributed by atoms with E-state index in [1.165, 1.54) is 261 Å². The van der Waals surface area contributed by atoms with E-state index in [1.54, 1.807) is 0 Å². The van der Waals surface area contributed by atoms with Crippen molar-refractivity contribution in [1.82, 2.24) is 0 Å². The molecular weight excluding hydrogens is 1680 g/mol. The van der Waals surface area contributed by atoms with Gasteiger partial charge in [0.25, 0.3) is 0 Å². The zero-order chi connectivity index (χ0) is 99.0. The molecule has 0 atom stereocenters. The summed E-state index contributed by atoms with van der Waals surface area (Å²) in [6, 6.07) is 144. The molecule has 0 heteroatoms. The third kappa shape index (κ3) is 15.5. The molecule has 0 N–H and O–H groups in total. The fraction of sp³-hybridized carbons (Fsp3) is 0.200. The molecule has 0 saturated heterocycles. The van der Waals surface area contributed by atoms with Crippen LogP contribution in [0, 0.1) is 0 Å². The molecule has 4 aliphatic rings. The van der Waals surface area contributed by atoms with Crippen LogP contribution >= 0.6 is 0 Å². The number of benzene rings is 24. The maximum Gasteiger partial charge on any atom is 0.0171 e. The van der Waals surface area contributed by atoms with Crippen molar-refractivity contribution in [3.63, 3.8) is 0 Å². The molecule has 0 radical (unpaired) electrons. The van der Waals surface area contributed by atoms with Crippen LogP contribution in [0.1, 0.15) is 211 Å². The Hall–Kier alpha value is -14.6. The van der Waals surface area contributed by atoms with Gasteiger partial charge in [0.2, 0.25) is 0 Å². The molecule has 0 saturated carbocycles. The molecule has 0 fully saturated rings. The second kappa shape index (κ2) is 40.1. The summed E-state index contributed by atoms with van der Waals surface area (Å²) in [5, 5.41) is 42.9. The standard InChI is InChI=1S/4C31H22.8C2H6/c1-31(2)29-25-17-9-5-13-21(25)19-11-3-7-15-23(19)27(29)28-24-16-8-4-12-20(24)22-14-6-10-18-26(22)30(28)31;1-31(2)29-25(13-11-23-15-19-7-3-5-9-21(19)17-27(23)29)26-14-12-24-16-20-8-4-6-10-22(20)18-28(24)30(26)31;1-31(2)25-17-15-21-13-11-19-7-3-5-9-23(19)27(21)29(25)30-26(31)18-16-22-14-12-20-8-4-6-10-24(20)28(22)30;1-31(2)27-17-15-23-21-9-5-3-7-19(21)11-13-25(23)29(27)30-26-14-12-20-8-4-6-10-22(20)24(26)16-18-28(30)31;8*1-2/h4*3-18H,1-2H3;8*1-2H3. The van der Waals surface area contributed by atoms with Gasteiger partial charge < -0.3 is 0 Å². The van der Waals surface area contributed by atoms with Gasteiger partial charge in [-0.25, -0.2) is 0 Å². The van der Waals surface area contributed by atoms with E-state index in [-0.39, 0.29) is 21.7 Å². The molecule has 696 valence electrons. The van der Waals surface area contributed by atoms with Crippen LogP contribution in [0.15, 0.2) is 388 Å². The second-order valence-electron chi connectivity index (χ2n) is 37.5. The van der Waals surface area contributed by atoms with Crippen LogP contribution in [0.3, 0.4) is 0 Å². The molecule has 140 heavy (non-hydrogen) atoms. The lowest BCUT2D eigenvalue weighted by Crippen LogP contribution is -2.16.